The SMILES string of the molecule is C[C@@H](N)c1cc(F)ccc1SC(C)(C)C. The summed E-state index contributed by atoms with van der Waals surface area (Å²) in [4.78, 5) is 1.07. The maximum Gasteiger partial charge on any atom is 0.123 e. The molecule has 1 aromatic rings. The van der Waals surface area contributed by atoms with Crippen molar-refractivity contribution in [1.82, 2.24) is 0 Å². The van der Waals surface area contributed by atoms with Crippen molar-refractivity contribution in [3.63, 3.8) is 0 Å². The van der Waals surface area contributed by atoms with Crippen LogP contribution in [0.15, 0.2) is 23.1 Å². The van der Waals surface area contributed by atoms with E-state index < -0.39 is 0 Å². The standard InChI is InChI=1S/C12H18FNS/c1-8(14)10-7-9(13)5-6-11(10)15-12(2,3)4/h5-8H,14H2,1-4H3/t8-/m1/s1. The molecule has 2 N–H and O–H groups in total. The second-order valence-electron chi connectivity index (χ2n) is 4.69. The summed E-state index contributed by atoms with van der Waals surface area (Å²) >= 11 is 1.72. The third-order valence-corrected chi connectivity index (χ3v) is 3.08. The van der Waals surface area contributed by atoms with E-state index in [1.165, 1.54) is 12.1 Å². The molecule has 1 atom stereocenters. The van der Waals surface area contributed by atoms with Gasteiger partial charge in [0.2, 0.25) is 0 Å². The third kappa shape index (κ3) is 3.84. The van der Waals surface area contributed by atoms with Gasteiger partial charge in [-0.05, 0) is 30.7 Å². The van der Waals surface area contributed by atoms with Crippen molar-refractivity contribution in [2.45, 2.75) is 43.4 Å². The van der Waals surface area contributed by atoms with Gasteiger partial charge in [-0.3, -0.25) is 0 Å². The molecule has 0 aliphatic rings. The molecule has 0 fully saturated rings. The second-order valence-corrected chi connectivity index (χ2v) is 6.55. The summed E-state index contributed by atoms with van der Waals surface area (Å²) in [6.45, 7) is 8.27. The first kappa shape index (κ1) is 12.5. The average molecular weight is 227 g/mol. The van der Waals surface area contributed by atoms with E-state index in [9.17, 15) is 4.39 Å². The van der Waals surface area contributed by atoms with Gasteiger partial charge in [-0.2, -0.15) is 0 Å². The molecule has 0 radical (unpaired) electrons. The maximum atomic E-state index is 13.1. The maximum absolute atomic E-state index is 13.1. The van der Waals surface area contributed by atoms with Gasteiger partial charge in [-0.1, -0.05) is 20.8 Å². The van der Waals surface area contributed by atoms with E-state index in [4.69, 9.17) is 5.73 Å². The van der Waals surface area contributed by atoms with Crippen LogP contribution in [0.5, 0.6) is 0 Å². The zero-order chi connectivity index (χ0) is 11.6. The van der Waals surface area contributed by atoms with Crippen LogP contribution in [-0.4, -0.2) is 4.75 Å². The monoisotopic (exact) mass is 227 g/mol. The summed E-state index contributed by atoms with van der Waals surface area (Å²) in [7, 11) is 0. The van der Waals surface area contributed by atoms with Gasteiger partial charge >= 0.3 is 0 Å². The summed E-state index contributed by atoms with van der Waals surface area (Å²) in [6, 6.07) is 4.69. The van der Waals surface area contributed by atoms with Crippen LogP contribution in [0.2, 0.25) is 0 Å². The van der Waals surface area contributed by atoms with Gasteiger partial charge in [0, 0.05) is 15.7 Å². The molecule has 0 saturated heterocycles. The molecule has 0 amide bonds. The predicted octanol–water partition coefficient (Wildman–Crippen LogP) is 3.74. The van der Waals surface area contributed by atoms with Gasteiger partial charge in [-0.25, -0.2) is 4.39 Å². The Kier molecular flexibility index (Phi) is 3.79. The van der Waals surface area contributed by atoms with Crippen LogP contribution in [0.25, 0.3) is 0 Å². The van der Waals surface area contributed by atoms with E-state index in [0.717, 1.165) is 10.5 Å². The predicted molar refractivity (Wildman–Crippen MR) is 64.6 cm³/mol. The Morgan fingerprint density at radius 1 is 1.33 bits per heavy atom. The van der Waals surface area contributed by atoms with E-state index in [2.05, 4.69) is 20.8 Å². The molecule has 0 aliphatic heterocycles. The number of thioether (sulfide) groups is 1. The van der Waals surface area contributed by atoms with Gasteiger partial charge in [0.25, 0.3) is 0 Å². The highest BCUT2D eigenvalue weighted by Gasteiger charge is 2.16. The zero-order valence-corrected chi connectivity index (χ0v) is 10.5. The van der Waals surface area contributed by atoms with E-state index >= 15 is 0 Å². The van der Waals surface area contributed by atoms with Crippen LogP contribution < -0.4 is 5.73 Å². The summed E-state index contributed by atoms with van der Waals surface area (Å²) in [5, 5.41) is 0. The van der Waals surface area contributed by atoms with Crippen LogP contribution >= 0.6 is 11.8 Å². The Hall–Kier alpha value is -0.540. The lowest BCUT2D eigenvalue weighted by Gasteiger charge is -2.21. The fraction of sp³-hybridized carbons (Fsp3) is 0.500. The van der Waals surface area contributed by atoms with Crippen LogP contribution in [0.3, 0.4) is 0 Å². The van der Waals surface area contributed by atoms with Gasteiger partial charge in [0.05, 0.1) is 0 Å². The molecular weight excluding hydrogens is 209 g/mol. The van der Waals surface area contributed by atoms with Gasteiger partial charge in [-0.15, -0.1) is 11.8 Å². The largest absolute Gasteiger partial charge is 0.324 e. The lowest BCUT2D eigenvalue weighted by Crippen LogP contribution is -2.11. The molecule has 0 heterocycles. The topological polar surface area (TPSA) is 26.0 Å². The number of hydrogen-bond donors (Lipinski definition) is 1. The Labute approximate surface area is 95.2 Å². The molecule has 0 spiro atoms. The Bertz CT molecular complexity index is 342. The molecule has 1 aromatic carbocycles. The Balaban J connectivity index is 3.06. The van der Waals surface area contributed by atoms with Gasteiger partial charge < -0.3 is 5.73 Å². The lowest BCUT2D eigenvalue weighted by atomic mass is 10.1. The summed E-state index contributed by atoms with van der Waals surface area (Å²) in [5.74, 6) is -0.222. The van der Waals surface area contributed by atoms with Crippen molar-refractivity contribution in [3.05, 3.63) is 29.6 Å². The minimum absolute atomic E-state index is 0.113. The van der Waals surface area contributed by atoms with Crippen molar-refractivity contribution in [2.75, 3.05) is 0 Å². The first-order valence-corrected chi connectivity index (χ1v) is 5.85. The van der Waals surface area contributed by atoms with Crippen molar-refractivity contribution in [1.29, 1.82) is 0 Å². The molecule has 0 bridgehead atoms. The van der Waals surface area contributed by atoms with E-state index in [1.54, 1.807) is 11.8 Å². The minimum atomic E-state index is -0.222. The number of hydrogen-bond acceptors (Lipinski definition) is 2. The van der Waals surface area contributed by atoms with Crippen LogP contribution in [0.4, 0.5) is 4.39 Å². The van der Waals surface area contributed by atoms with Crippen LogP contribution in [-0.2, 0) is 0 Å². The fourth-order valence-corrected chi connectivity index (χ4v) is 2.46. The molecular formula is C12H18FNS. The molecule has 0 aliphatic carbocycles. The normalized spacial score (nSPS) is 14.0. The molecule has 84 valence electrons. The lowest BCUT2D eigenvalue weighted by molar-refractivity contribution is 0.619. The number of rotatable bonds is 2. The first-order valence-electron chi connectivity index (χ1n) is 5.03. The van der Waals surface area contributed by atoms with Crippen molar-refractivity contribution >= 4 is 11.8 Å². The van der Waals surface area contributed by atoms with E-state index in [0.29, 0.717) is 0 Å². The number of nitrogens with two attached hydrogens (primary N) is 1. The molecule has 15 heavy (non-hydrogen) atoms. The molecule has 1 rings (SSSR count). The fourth-order valence-electron chi connectivity index (χ4n) is 1.30. The smallest absolute Gasteiger partial charge is 0.123 e. The van der Waals surface area contributed by atoms with Gasteiger partial charge in [0.1, 0.15) is 5.82 Å². The molecule has 0 saturated carbocycles. The summed E-state index contributed by atoms with van der Waals surface area (Å²) in [5.41, 5.74) is 6.71. The minimum Gasteiger partial charge on any atom is -0.324 e. The van der Waals surface area contributed by atoms with Crippen molar-refractivity contribution in [3.8, 4) is 0 Å². The molecule has 0 unspecified atom stereocenters. The Morgan fingerprint density at radius 2 is 1.93 bits per heavy atom. The highest BCUT2D eigenvalue weighted by molar-refractivity contribution is 8.00. The number of halogens is 1. The average Bonchev–Trinajstić information content (AvgIpc) is 2.05. The van der Waals surface area contributed by atoms with Crippen LogP contribution in [0.1, 0.15) is 39.3 Å². The Morgan fingerprint density at radius 3 is 2.40 bits per heavy atom. The van der Waals surface area contributed by atoms with Gasteiger partial charge in [0.15, 0.2) is 0 Å². The number of benzene rings is 1. The van der Waals surface area contributed by atoms with Crippen LogP contribution in [0, 0.1) is 5.82 Å². The quantitative estimate of drug-likeness (QED) is 0.779. The van der Waals surface area contributed by atoms with E-state index in [-0.39, 0.29) is 16.6 Å². The highest BCUT2D eigenvalue weighted by Crippen LogP contribution is 2.36. The zero-order valence-electron chi connectivity index (χ0n) is 9.67. The van der Waals surface area contributed by atoms with E-state index in [1.807, 2.05) is 13.0 Å². The summed E-state index contributed by atoms with van der Waals surface area (Å²) in [6.07, 6.45) is 0. The molecule has 3 heteroatoms. The first-order chi connectivity index (χ1) is 6.79. The highest BCUT2D eigenvalue weighted by atomic mass is 32.2. The van der Waals surface area contributed by atoms with Crippen molar-refractivity contribution < 1.29 is 4.39 Å². The second kappa shape index (κ2) is 4.54. The molecule has 1 nitrogen and oxygen atoms in total. The molecule has 0 aromatic heterocycles. The van der Waals surface area contributed by atoms with Crippen molar-refractivity contribution in [2.24, 2.45) is 5.73 Å². The third-order valence-electron chi connectivity index (χ3n) is 1.88. The summed E-state index contributed by atoms with van der Waals surface area (Å²) < 4.78 is 13.2.